The van der Waals surface area contributed by atoms with Gasteiger partial charge in [-0.3, -0.25) is 0 Å². The van der Waals surface area contributed by atoms with E-state index in [-0.39, 0.29) is 6.03 Å². The van der Waals surface area contributed by atoms with E-state index in [0.29, 0.717) is 31.3 Å². The summed E-state index contributed by atoms with van der Waals surface area (Å²) in [4.78, 5) is 24.8. The summed E-state index contributed by atoms with van der Waals surface area (Å²) < 4.78 is 0. The highest BCUT2D eigenvalue weighted by atomic mass is 16.4. The maximum atomic E-state index is 12.0. The van der Waals surface area contributed by atoms with Crippen molar-refractivity contribution in [2.45, 2.75) is 46.1 Å². The number of nitrogens with one attached hydrogen (secondary N) is 1. The molecule has 1 fully saturated rings. The molecule has 104 valence electrons. The second-order valence-corrected chi connectivity index (χ2v) is 5.74. The Balaban J connectivity index is 2.59. The van der Waals surface area contributed by atoms with E-state index in [4.69, 9.17) is 0 Å². The third-order valence-electron chi connectivity index (χ3n) is 4.06. The monoisotopic (exact) mass is 256 g/mol. The number of nitrogens with zero attached hydrogens (tertiary/aromatic N) is 1. The molecule has 0 spiro atoms. The van der Waals surface area contributed by atoms with Crippen LogP contribution in [0.4, 0.5) is 4.79 Å². The molecule has 2 atom stereocenters. The molecule has 0 aromatic heterocycles. The van der Waals surface area contributed by atoms with E-state index in [0.717, 1.165) is 6.42 Å². The number of likely N-dealkylation sites (tertiary alicyclic amines) is 1. The first-order valence-corrected chi connectivity index (χ1v) is 6.58. The average Bonchev–Trinajstić information content (AvgIpc) is 2.69. The second kappa shape index (κ2) is 5.59. The summed E-state index contributed by atoms with van der Waals surface area (Å²) in [5.41, 5.74) is -1.05. The smallest absolute Gasteiger partial charge is 0.329 e. The molecule has 1 heterocycles. The van der Waals surface area contributed by atoms with Crippen LogP contribution in [-0.4, -0.2) is 40.6 Å². The molecule has 2 unspecified atom stereocenters. The molecule has 1 saturated heterocycles. The van der Waals surface area contributed by atoms with Crippen molar-refractivity contribution in [3.63, 3.8) is 0 Å². The van der Waals surface area contributed by atoms with Crippen molar-refractivity contribution in [1.82, 2.24) is 10.2 Å². The summed E-state index contributed by atoms with van der Waals surface area (Å²) in [5.74, 6) is -0.0468. The zero-order chi connectivity index (χ0) is 13.9. The fourth-order valence-corrected chi connectivity index (χ4v) is 2.09. The quantitative estimate of drug-likeness (QED) is 0.807. The number of carboxylic acids is 1. The molecule has 0 aromatic rings. The highest BCUT2D eigenvalue weighted by molar-refractivity contribution is 5.86. The van der Waals surface area contributed by atoms with E-state index in [2.05, 4.69) is 26.1 Å². The normalized spacial score (nSPS) is 25.3. The SMILES string of the molecule is CC(C)C(C)CNC(=O)N1CCCC1(C)C(=O)O. The lowest BCUT2D eigenvalue weighted by Crippen LogP contribution is -2.54. The highest BCUT2D eigenvalue weighted by Gasteiger charge is 2.45. The van der Waals surface area contributed by atoms with Crippen LogP contribution >= 0.6 is 0 Å². The van der Waals surface area contributed by atoms with Gasteiger partial charge in [0.1, 0.15) is 5.54 Å². The van der Waals surface area contributed by atoms with Crippen molar-refractivity contribution < 1.29 is 14.7 Å². The van der Waals surface area contributed by atoms with Crippen molar-refractivity contribution in [2.75, 3.05) is 13.1 Å². The Hall–Kier alpha value is -1.26. The molecule has 1 rings (SSSR count). The Kier molecular flexibility index (Phi) is 4.59. The van der Waals surface area contributed by atoms with Gasteiger partial charge in [0, 0.05) is 13.1 Å². The number of carboxylic acid groups (broad SMARTS) is 1. The van der Waals surface area contributed by atoms with Crippen LogP contribution in [0.25, 0.3) is 0 Å². The summed E-state index contributed by atoms with van der Waals surface area (Å²) in [6.45, 7) is 9.01. The van der Waals surface area contributed by atoms with E-state index < -0.39 is 11.5 Å². The van der Waals surface area contributed by atoms with Gasteiger partial charge in [0.05, 0.1) is 0 Å². The maximum Gasteiger partial charge on any atom is 0.329 e. The molecule has 2 N–H and O–H groups in total. The summed E-state index contributed by atoms with van der Waals surface area (Å²) in [7, 11) is 0. The molecule has 5 nitrogen and oxygen atoms in total. The minimum Gasteiger partial charge on any atom is -0.480 e. The van der Waals surface area contributed by atoms with Crippen LogP contribution in [0.5, 0.6) is 0 Å². The first kappa shape index (κ1) is 14.8. The first-order chi connectivity index (χ1) is 8.29. The fraction of sp³-hybridized carbons (Fsp3) is 0.846. The van der Waals surface area contributed by atoms with E-state index in [1.54, 1.807) is 6.92 Å². The van der Waals surface area contributed by atoms with Gasteiger partial charge in [0.15, 0.2) is 0 Å². The van der Waals surface area contributed by atoms with E-state index in [9.17, 15) is 14.7 Å². The van der Waals surface area contributed by atoms with Gasteiger partial charge >= 0.3 is 12.0 Å². The number of aliphatic carboxylic acids is 1. The molecular weight excluding hydrogens is 232 g/mol. The number of amides is 2. The fourth-order valence-electron chi connectivity index (χ4n) is 2.09. The van der Waals surface area contributed by atoms with E-state index >= 15 is 0 Å². The largest absolute Gasteiger partial charge is 0.480 e. The third kappa shape index (κ3) is 2.94. The molecule has 2 amide bonds. The Morgan fingerprint density at radius 1 is 1.39 bits per heavy atom. The van der Waals surface area contributed by atoms with Crippen molar-refractivity contribution in [3.05, 3.63) is 0 Å². The predicted octanol–water partition coefficient (Wildman–Crippen LogP) is 1.93. The predicted molar refractivity (Wildman–Crippen MR) is 69.4 cm³/mol. The lowest BCUT2D eigenvalue weighted by Gasteiger charge is -2.31. The minimum absolute atomic E-state index is 0.259. The number of hydrogen-bond acceptors (Lipinski definition) is 2. The van der Waals surface area contributed by atoms with Crippen molar-refractivity contribution in [3.8, 4) is 0 Å². The number of carbonyl (C=O) groups is 2. The molecule has 0 aliphatic carbocycles. The summed E-state index contributed by atoms with van der Waals surface area (Å²) in [6, 6.07) is -0.259. The summed E-state index contributed by atoms with van der Waals surface area (Å²) in [5, 5.41) is 12.1. The number of urea groups is 1. The third-order valence-corrected chi connectivity index (χ3v) is 4.06. The Morgan fingerprint density at radius 2 is 2.00 bits per heavy atom. The molecule has 0 radical (unpaired) electrons. The number of carbonyl (C=O) groups excluding carboxylic acids is 1. The van der Waals surface area contributed by atoms with Gasteiger partial charge in [-0.25, -0.2) is 9.59 Å². The van der Waals surface area contributed by atoms with Crippen LogP contribution in [0.15, 0.2) is 0 Å². The maximum absolute atomic E-state index is 12.0. The van der Waals surface area contributed by atoms with Gasteiger partial charge in [-0.1, -0.05) is 20.8 Å². The first-order valence-electron chi connectivity index (χ1n) is 6.58. The summed E-state index contributed by atoms with van der Waals surface area (Å²) in [6.07, 6.45) is 1.27. The van der Waals surface area contributed by atoms with Gasteiger partial charge in [-0.05, 0) is 31.6 Å². The van der Waals surface area contributed by atoms with Crippen LogP contribution in [-0.2, 0) is 4.79 Å². The second-order valence-electron chi connectivity index (χ2n) is 5.74. The molecule has 5 heteroatoms. The van der Waals surface area contributed by atoms with E-state index in [1.165, 1.54) is 4.90 Å². The molecule has 0 aromatic carbocycles. The molecule has 1 aliphatic heterocycles. The zero-order valence-corrected chi connectivity index (χ0v) is 11.7. The Labute approximate surface area is 109 Å². The van der Waals surface area contributed by atoms with Gasteiger partial charge in [-0.15, -0.1) is 0 Å². The van der Waals surface area contributed by atoms with E-state index in [1.807, 2.05) is 0 Å². The zero-order valence-electron chi connectivity index (χ0n) is 11.7. The Bertz CT molecular complexity index is 330. The molecular formula is C13H24N2O3. The van der Waals surface area contributed by atoms with Crippen molar-refractivity contribution in [1.29, 1.82) is 0 Å². The lowest BCUT2D eigenvalue weighted by atomic mass is 9.98. The molecule has 1 aliphatic rings. The summed E-state index contributed by atoms with van der Waals surface area (Å²) >= 11 is 0. The molecule has 18 heavy (non-hydrogen) atoms. The topological polar surface area (TPSA) is 69.6 Å². The minimum atomic E-state index is -1.05. The standard InChI is InChI=1S/C13H24N2O3/c1-9(2)10(3)8-14-12(18)15-7-5-6-13(15,4)11(16)17/h9-10H,5-8H2,1-4H3,(H,14,18)(H,16,17). The average molecular weight is 256 g/mol. The van der Waals surface area contributed by atoms with Crippen molar-refractivity contribution >= 4 is 12.0 Å². The highest BCUT2D eigenvalue weighted by Crippen LogP contribution is 2.29. The number of rotatable bonds is 4. The van der Waals surface area contributed by atoms with Crippen LogP contribution in [0.2, 0.25) is 0 Å². The van der Waals surface area contributed by atoms with Crippen molar-refractivity contribution in [2.24, 2.45) is 11.8 Å². The van der Waals surface area contributed by atoms with Gasteiger partial charge in [-0.2, -0.15) is 0 Å². The van der Waals surface area contributed by atoms with Crippen LogP contribution < -0.4 is 5.32 Å². The van der Waals surface area contributed by atoms with Crippen LogP contribution in [0, 0.1) is 11.8 Å². The lowest BCUT2D eigenvalue weighted by molar-refractivity contribution is -0.147. The van der Waals surface area contributed by atoms with Crippen LogP contribution in [0.3, 0.4) is 0 Å². The van der Waals surface area contributed by atoms with Gasteiger partial charge < -0.3 is 15.3 Å². The van der Waals surface area contributed by atoms with Crippen LogP contribution in [0.1, 0.15) is 40.5 Å². The molecule has 0 saturated carbocycles. The van der Waals surface area contributed by atoms with Gasteiger partial charge in [0.25, 0.3) is 0 Å². The van der Waals surface area contributed by atoms with Gasteiger partial charge in [0.2, 0.25) is 0 Å². The molecule has 0 bridgehead atoms. The number of hydrogen-bond donors (Lipinski definition) is 2. The Morgan fingerprint density at radius 3 is 2.50 bits per heavy atom.